The molecule has 0 aromatic rings. The minimum Gasteiger partial charge on any atom is -0.756 e. The minimum atomic E-state index is -4.65. The molecule has 0 N–H and O–H groups in total. The Kier molecular flexibility index (Phi) is 83.3. The summed E-state index contributed by atoms with van der Waals surface area (Å²) >= 11 is 0. The highest BCUT2D eigenvalue weighted by Gasteiger charge is 2.22. The molecular formula is C94H180NO8P. The van der Waals surface area contributed by atoms with E-state index in [1.54, 1.807) is 0 Å². The lowest BCUT2D eigenvalue weighted by molar-refractivity contribution is -0.870. The van der Waals surface area contributed by atoms with E-state index in [9.17, 15) is 19.0 Å². The van der Waals surface area contributed by atoms with E-state index in [1.807, 2.05) is 21.1 Å². The third-order valence-electron chi connectivity index (χ3n) is 21.3. The van der Waals surface area contributed by atoms with Crippen molar-refractivity contribution in [2.24, 2.45) is 0 Å². The summed E-state index contributed by atoms with van der Waals surface area (Å²) in [6.07, 6.45) is 114. The van der Waals surface area contributed by atoms with Gasteiger partial charge in [0.2, 0.25) is 0 Å². The molecular weight excluding hydrogens is 1300 g/mol. The van der Waals surface area contributed by atoms with Crippen LogP contribution in [0.2, 0.25) is 0 Å². The van der Waals surface area contributed by atoms with Crippen LogP contribution in [0, 0.1) is 0 Å². The molecule has 0 saturated carbocycles. The first-order valence-corrected chi connectivity index (χ1v) is 47.8. The Labute approximate surface area is 649 Å². The van der Waals surface area contributed by atoms with Crippen LogP contribution in [0.25, 0.3) is 0 Å². The van der Waals surface area contributed by atoms with Crippen LogP contribution in [0.15, 0.2) is 48.6 Å². The van der Waals surface area contributed by atoms with Crippen molar-refractivity contribution in [2.75, 3.05) is 47.5 Å². The van der Waals surface area contributed by atoms with Gasteiger partial charge in [-0.05, 0) is 77.0 Å². The van der Waals surface area contributed by atoms with Crippen LogP contribution >= 0.6 is 7.82 Å². The maximum absolute atomic E-state index is 12.9. The van der Waals surface area contributed by atoms with Gasteiger partial charge in [-0.15, -0.1) is 0 Å². The van der Waals surface area contributed by atoms with Crippen molar-refractivity contribution >= 4 is 19.8 Å². The van der Waals surface area contributed by atoms with Crippen molar-refractivity contribution in [1.82, 2.24) is 0 Å². The van der Waals surface area contributed by atoms with Gasteiger partial charge < -0.3 is 27.9 Å². The third-order valence-corrected chi connectivity index (χ3v) is 22.3. The predicted octanol–water partition coefficient (Wildman–Crippen LogP) is 30.8. The number of nitrogens with zero attached hydrogens (tertiary/aromatic N) is 1. The van der Waals surface area contributed by atoms with E-state index in [0.29, 0.717) is 17.4 Å². The Morgan fingerprint density at radius 2 is 0.519 bits per heavy atom. The fourth-order valence-corrected chi connectivity index (χ4v) is 15.0. The van der Waals surface area contributed by atoms with E-state index in [-0.39, 0.29) is 32.0 Å². The van der Waals surface area contributed by atoms with Crippen molar-refractivity contribution in [1.29, 1.82) is 0 Å². The van der Waals surface area contributed by atoms with Crippen LogP contribution < -0.4 is 4.89 Å². The molecule has 0 spiro atoms. The number of phosphoric ester groups is 1. The number of quaternary nitrogens is 1. The van der Waals surface area contributed by atoms with Crippen LogP contribution in [0.4, 0.5) is 0 Å². The molecule has 0 saturated heterocycles. The molecule has 2 atom stereocenters. The molecule has 0 aromatic carbocycles. The van der Waals surface area contributed by atoms with Crippen molar-refractivity contribution in [3.05, 3.63) is 48.6 Å². The fourth-order valence-electron chi connectivity index (χ4n) is 14.3. The zero-order valence-corrected chi connectivity index (χ0v) is 71.4. The molecule has 0 aliphatic rings. The fraction of sp³-hybridized carbons (Fsp3) is 0.894. The molecule has 9 nitrogen and oxygen atoms in total. The van der Waals surface area contributed by atoms with Gasteiger partial charge in [0, 0.05) is 12.8 Å². The monoisotopic (exact) mass is 1480 g/mol. The highest BCUT2D eigenvalue weighted by molar-refractivity contribution is 7.45. The molecule has 0 aliphatic heterocycles. The number of allylic oxidation sites excluding steroid dienone is 8. The number of hydrogen-bond donors (Lipinski definition) is 0. The summed E-state index contributed by atoms with van der Waals surface area (Å²) in [5, 5.41) is 0. The predicted molar refractivity (Wildman–Crippen MR) is 453 cm³/mol. The molecule has 0 aliphatic carbocycles. The summed E-state index contributed by atoms with van der Waals surface area (Å²) in [6.45, 7) is 4.32. The Bertz CT molecular complexity index is 1890. The number of unbranched alkanes of at least 4 members (excludes halogenated alkanes) is 66. The van der Waals surface area contributed by atoms with Gasteiger partial charge >= 0.3 is 11.9 Å². The zero-order valence-electron chi connectivity index (χ0n) is 70.5. The molecule has 0 rings (SSSR count). The van der Waals surface area contributed by atoms with Gasteiger partial charge in [-0.1, -0.05) is 448 Å². The van der Waals surface area contributed by atoms with Crippen LogP contribution in [0.5, 0.6) is 0 Å². The lowest BCUT2D eigenvalue weighted by Crippen LogP contribution is -2.37. The summed E-state index contributed by atoms with van der Waals surface area (Å²) in [6, 6.07) is 0. The number of carbonyl (C=O) groups excluding carboxylic acids is 2. The highest BCUT2D eigenvalue weighted by Crippen LogP contribution is 2.38. The number of rotatable bonds is 88. The topological polar surface area (TPSA) is 111 Å². The van der Waals surface area contributed by atoms with E-state index in [0.717, 1.165) is 44.9 Å². The summed E-state index contributed by atoms with van der Waals surface area (Å²) in [5.74, 6) is -0.803. The number of likely N-dealkylation sites (N-methyl/N-ethyl adjacent to an activating group) is 1. The van der Waals surface area contributed by atoms with Crippen molar-refractivity contribution in [3.63, 3.8) is 0 Å². The first kappa shape index (κ1) is 102. The molecule has 0 radical (unpaired) electrons. The molecule has 0 amide bonds. The molecule has 0 bridgehead atoms. The van der Waals surface area contributed by atoms with Crippen molar-refractivity contribution in [2.45, 2.75) is 495 Å². The Morgan fingerprint density at radius 3 is 0.779 bits per heavy atom. The SMILES string of the molecule is CCCCCCC/C=C\C/C=C\C/C=C\CCCCCCCCCCCCCCCCCCCCCCCCCCCCC(=O)OC(COC(=O)CCCCCCCCCCCCCCCCCCCCCCCCCCCCC/C=C\CCCCCCCCCC)COP(=O)([O-])OCC[N+](C)(C)C. The largest absolute Gasteiger partial charge is 0.756 e. The van der Waals surface area contributed by atoms with Gasteiger partial charge in [-0.2, -0.15) is 0 Å². The number of hydrogen-bond acceptors (Lipinski definition) is 8. The van der Waals surface area contributed by atoms with Crippen LogP contribution in [-0.2, 0) is 32.7 Å². The second-order valence-corrected chi connectivity index (χ2v) is 34.4. The van der Waals surface area contributed by atoms with Gasteiger partial charge in [0.15, 0.2) is 6.10 Å². The zero-order chi connectivity index (χ0) is 75.4. The van der Waals surface area contributed by atoms with Crippen molar-refractivity contribution < 1.29 is 42.1 Å². The second-order valence-electron chi connectivity index (χ2n) is 33.0. The van der Waals surface area contributed by atoms with Crippen LogP contribution in [-0.4, -0.2) is 70.0 Å². The van der Waals surface area contributed by atoms with Gasteiger partial charge in [0.25, 0.3) is 7.82 Å². The van der Waals surface area contributed by atoms with E-state index in [4.69, 9.17) is 18.5 Å². The van der Waals surface area contributed by atoms with Gasteiger partial charge in [0.05, 0.1) is 27.7 Å². The lowest BCUT2D eigenvalue weighted by atomic mass is 10.0. The molecule has 614 valence electrons. The molecule has 0 heterocycles. The highest BCUT2D eigenvalue weighted by atomic mass is 31.2. The Hall–Kier alpha value is -2.03. The molecule has 10 heteroatoms. The maximum Gasteiger partial charge on any atom is 0.306 e. The molecule has 0 fully saturated rings. The molecule has 0 aromatic heterocycles. The maximum atomic E-state index is 12.9. The van der Waals surface area contributed by atoms with E-state index in [2.05, 4.69) is 62.5 Å². The lowest BCUT2D eigenvalue weighted by Gasteiger charge is -2.28. The normalized spacial score (nSPS) is 13.1. The summed E-state index contributed by atoms with van der Waals surface area (Å²) < 4.78 is 34.5. The first-order valence-electron chi connectivity index (χ1n) is 46.3. The van der Waals surface area contributed by atoms with Gasteiger partial charge in [0.1, 0.15) is 19.8 Å². The molecule has 2 unspecified atom stereocenters. The molecule has 104 heavy (non-hydrogen) atoms. The number of carbonyl (C=O) groups is 2. The van der Waals surface area contributed by atoms with E-state index >= 15 is 0 Å². The number of ether oxygens (including phenoxy) is 2. The average Bonchev–Trinajstić information content (AvgIpc) is 0.920. The number of phosphoric acid groups is 1. The second kappa shape index (κ2) is 85.0. The quantitative estimate of drug-likeness (QED) is 0.0195. The average molecular weight is 1480 g/mol. The summed E-state index contributed by atoms with van der Waals surface area (Å²) in [5.41, 5.74) is 0. The first-order chi connectivity index (χ1) is 51.0. The smallest absolute Gasteiger partial charge is 0.306 e. The Morgan fingerprint density at radius 1 is 0.298 bits per heavy atom. The summed E-state index contributed by atoms with van der Waals surface area (Å²) in [4.78, 5) is 38.3. The number of esters is 2. The standard InChI is InChI=1S/C94H180NO8P/c1-6-8-10-12-14-16-18-20-22-24-26-28-30-32-34-36-38-40-42-44-46-47-49-51-53-55-57-59-61-63-65-67-69-71-73-75-77-79-81-83-85-87-94(97)103-92(91-102-104(98,99)101-89-88-95(3,4)5)90-100-93(96)86-84-82-80-78-76-74-72-70-68-66-64-62-60-58-56-54-52-50-48-45-43-41-39-37-35-33-31-29-27-25-23-21-19-17-15-13-11-9-7-2/h18,20,24-27,30,32,92H,6-17,19,21-23,28-29,31,33-91H2,1-5H3/b20-18-,26-24-,27-25-,32-30-. The van der Waals surface area contributed by atoms with Crippen LogP contribution in [0.1, 0.15) is 489 Å². The van der Waals surface area contributed by atoms with Crippen molar-refractivity contribution in [3.8, 4) is 0 Å². The van der Waals surface area contributed by atoms with Gasteiger partial charge in [-0.25, -0.2) is 0 Å². The summed E-state index contributed by atoms with van der Waals surface area (Å²) in [7, 11) is 1.20. The Balaban J connectivity index is 3.82. The van der Waals surface area contributed by atoms with Gasteiger partial charge in [-0.3, -0.25) is 14.2 Å². The van der Waals surface area contributed by atoms with Crippen LogP contribution in [0.3, 0.4) is 0 Å². The van der Waals surface area contributed by atoms with E-state index < -0.39 is 26.5 Å². The third kappa shape index (κ3) is 88.9. The minimum absolute atomic E-state index is 0.0270. The van der Waals surface area contributed by atoms with E-state index in [1.165, 1.54) is 411 Å².